The van der Waals surface area contributed by atoms with Gasteiger partial charge in [-0.25, -0.2) is 0 Å². The van der Waals surface area contributed by atoms with Crippen LogP contribution in [0.2, 0.25) is 0 Å². The van der Waals surface area contributed by atoms with Crippen molar-refractivity contribution in [1.82, 2.24) is 5.32 Å². The molecule has 0 spiro atoms. The van der Waals surface area contributed by atoms with E-state index in [4.69, 9.17) is 0 Å². The van der Waals surface area contributed by atoms with Gasteiger partial charge in [0.1, 0.15) is 5.60 Å². The van der Waals surface area contributed by atoms with E-state index in [1.54, 1.807) is 6.07 Å². The number of aryl methyl sites for hydroxylation is 1. The van der Waals surface area contributed by atoms with E-state index in [1.165, 1.54) is 0 Å². The quantitative estimate of drug-likeness (QED) is 0.815. The molecule has 1 amide bonds. The van der Waals surface area contributed by atoms with E-state index in [-0.39, 0.29) is 24.2 Å². The molecule has 1 fully saturated rings. The maximum absolute atomic E-state index is 12.7. The first kappa shape index (κ1) is 18.7. The Morgan fingerprint density at radius 3 is 2.67 bits per heavy atom. The molecule has 1 aliphatic rings. The summed E-state index contributed by atoms with van der Waals surface area (Å²) < 4.78 is 0. The molecule has 3 atom stereocenters. The number of rotatable bonds is 5. The van der Waals surface area contributed by atoms with Crippen molar-refractivity contribution in [3.05, 3.63) is 35.4 Å². The number of nitrogens with one attached hydrogen (secondary N) is 1. The van der Waals surface area contributed by atoms with Crippen molar-refractivity contribution in [3.63, 3.8) is 0 Å². The maximum atomic E-state index is 12.7. The lowest BCUT2D eigenvalue weighted by Crippen LogP contribution is -2.56. The van der Waals surface area contributed by atoms with Gasteiger partial charge in [-0.15, -0.1) is 0 Å². The molecule has 0 aromatic heterocycles. The first-order chi connectivity index (χ1) is 11.2. The van der Waals surface area contributed by atoms with Gasteiger partial charge >= 0.3 is 0 Å². The van der Waals surface area contributed by atoms with Crippen molar-refractivity contribution in [2.24, 2.45) is 17.8 Å². The highest BCUT2D eigenvalue weighted by atomic mass is 16.3. The molecule has 0 bridgehead atoms. The first-order valence-corrected chi connectivity index (χ1v) is 8.84. The summed E-state index contributed by atoms with van der Waals surface area (Å²) in [7, 11) is 0. The number of amides is 1. The van der Waals surface area contributed by atoms with Gasteiger partial charge in [0.05, 0.1) is 6.54 Å². The predicted molar refractivity (Wildman–Crippen MR) is 94.8 cm³/mol. The third-order valence-electron chi connectivity index (χ3n) is 5.19. The van der Waals surface area contributed by atoms with E-state index < -0.39 is 11.5 Å². The van der Waals surface area contributed by atoms with E-state index >= 15 is 0 Å². The highest BCUT2D eigenvalue weighted by molar-refractivity contribution is 6.00. The van der Waals surface area contributed by atoms with E-state index in [2.05, 4.69) is 12.2 Å². The van der Waals surface area contributed by atoms with E-state index in [1.807, 2.05) is 39.0 Å². The summed E-state index contributed by atoms with van der Waals surface area (Å²) >= 11 is 0. The van der Waals surface area contributed by atoms with Gasteiger partial charge in [0.2, 0.25) is 0 Å². The molecule has 1 aromatic carbocycles. The number of hydrogen-bond acceptors (Lipinski definition) is 3. The molecule has 2 N–H and O–H groups in total. The van der Waals surface area contributed by atoms with Gasteiger partial charge in [-0.2, -0.15) is 0 Å². The third-order valence-corrected chi connectivity index (χ3v) is 5.19. The van der Waals surface area contributed by atoms with Crippen LogP contribution in [-0.2, 0) is 4.79 Å². The van der Waals surface area contributed by atoms with Gasteiger partial charge < -0.3 is 10.4 Å². The number of Topliss-reactive ketones (excluding diaryl/α,β-unsaturated/α-hetero) is 1. The average molecular weight is 331 g/mol. The molecule has 0 heterocycles. The van der Waals surface area contributed by atoms with Gasteiger partial charge in [0, 0.05) is 5.56 Å². The molecule has 1 aliphatic carbocycles. The summed E-state index contributed by atoms with van der Waals surface area (Å²) in [5.41, 5.74) is 0.213. The zero-order valence-electron chi connectivity index (χ0n) is 15.1. The Bertz CT molecular complexity index is 611. The summed E-state index contributed by atoms with van der Waals surface area (Å²) in [5.74, 6) is -0.0823. The summed E-state index contributed by atoms with van der Waals surface area (Å²) in [6.45, 7) is 7.98. The number of carbonyl (C=O) groups is 2. The minimum absolute atomic E-state index is 0.0669. The topological polar surface area (TPSA) is 66.4 Å². The molecule has 2 rings (SSSR count). The van der Waals surface area contributed by atoms with Gasteiger partial charge in [0.25, 0.3) is 5.91 Å². The van der Waals surface area contributed by atoms with Crippen LogP contribution in [0.1, 0.15) is 56.0 Å². The van der Waals surface area contributed by atoms with Crippen LogP contribution in [0.5, 0.6) is 0 Å². The Morgan fingerprint density at radius 2 is 2.04 bits per heavy atom. The fraction of sp³-hybridized carbons (Fsp3) is 0.600. The zero-order chi connectivity index (χ0) is 17.9. The van der Waals surface area contributed by atoms with Crippen molar-refractivity contribution in [2.45, 2.75) is 52.6 Å². The number of aliphatic hydroxyl groups is 1. The Labute approximate surface area is 144 Å². The van der Waals surface area contributed by atoms with Gasteiger partial charge in [-0.05, 0) is 43.6 Å². The molecule has 24 heavy (non-hydrogen) atoms. The van der Waals surface area contributed by atoms with Crippen LogP contribution in [0, 0.1) is 24.7 Å². The van der Waals surface area contributed by atoms with Crippen LogP contribution in [0.25, 0.3) is 0 Å². The number of benzene rings is 1. The maximum Gasteiger partial charge on any atom is 0.252 e. The number of carbonyl (C=O) groups excluding carboxylic acids is 2. The average Bonchev–Trinajstić information content (AvgIpc) is 2.51. The van der Waals surface area contributed by atoms with Crippen LogP contribution in [-0.4, -0.2) is 28.9 Å². The third kappa shape index (κ3) is 4.04. The van der Waals surface area contributed by atoms with Crippen molar-refractivity contribution in [2.75, 3.05) is 6.54 Å². The molecule has 132 valence electrons. The van der Waals surface area contributed by atoms with Crippen LogP contribution in [0.3, 0.4) is 0 Å². The Morgan fingerprint density at radius 1 is 1.33 bits per heavy atom. The zero-order valence-corrected chi connectivity index (χ0v) is 15.1. The fourth-order valence-electron chi connectivity index (χ4n) is 3.87. The minimum Gasteiger partial charge on any atom is -0.380 e. The fourth-order valence-corrected chi connectivity index (χ4v) is 3.87. The summed E-state index contributed by atoms with van der Waals surface area (Å²) in [5, 5.41) is 13.7. The highest BCUT2D eigenvalue weighted by Crippen LogP contribution is 2.41. The molecular formula is C20H29NO3. The SMILES string of the molecule is Cc1cccc(C(=O)CNC(=O)C2(O)CC(C)CCC2C(C)C)c1. The van der Waals surface area contributed by atoms with Crippen LogP contribution >= 0.6 is 0 Å². The van der Waals surface area contributed by atoms with Gasteiger partial charge in [-0.3, -0.25) is 9.59 Å². The number of hydrogen-bond donors (Lipinski definition) is 2. The van der Waals surface area contributed by atoms with Gasteiger partial charge in [-0.1, -0.05) is 51.0 Å². The van der Waals surface area contributed by atoms with Gasteiger partial charge in [0.15, 0.2) is 5.78 Å². The van der Waals surface area contributed by atoms with Crippen LogP contribution in [0.15, 0.2) is 24.3 Å². The Hall–Kier alpha value is -1.68. The Balaban J connectivity index is 2.05. The Kier molecular flexibility index (Phi) is 5.81. The lowest BCUT2D eigenvalue weighted by molar-refractivity contribution is -0.155. The van der Waals surface area contributed by atoms with Crippen molar-refractivity contribution in [1.29, 1.82) is 0 Å². The van der Waals surface area contributed by atoms with Crippen molar-refractivity contribution < 1.29 is 14.7 Å². The van der Waals surface area contributed by atoms with Crippen molar-refractivity contribution >= 4 is 11.7 Å². The molecule has 4 heteroatoms. The molecule has 1 aromatic rings. The molecule has 4 nitrogen and oxygen atoms in total. The standard InChI is InChI=1S/C20H29NO3/c1-13(2)17-9-8-15(4)11-20(17,24)19(23)21-12-18(22)16-7-5-6-14(3)10-16/h5-7,10,13,15,17,24H,8-9,11-12H2,1-4H3,(H,21,23). The lowest BCUT2D eigenvalue weighted by Gasteiger charge is -2.43. The summed E-state index contributed by atoms with van der Waals surface area (Å²) in [6.07, 6.45) is 2.33. The minimum atomic E-state index is -1.38. The second-order valence-corrected chi connectivity index (χ2v) is 7.64. The summed E-state index contributed by atoms with van der Waals surface area (Å²) in [4.78, 5) is 24.9. The predicted octanol–water partition coefficient (Wildman–Crippen LogP) is 3.12. The number of ketones is 1. The van der Waals surface area contributed by atoms with Crippen LogP contribution < -0.4 is 5.32 Å². The molecule has 0 aliphatic heterocycles. The van der Waals surface area contributed by atoms with Crippen molar-refractivity contribution in [3.8, 4) is 0 Å². The molecule has 0 radical (unpaired) electrons. The largest absolute Gasteiger partial charge is 0.380 e. The van der Waals surface area contributed by atoms with Crippen LogP contribution in [0.4, 0.5) is 0 Å². The smallest absolute Gasteiger partial charge is 0.252 e. The van der Waals surface area contributed by atoms with E-state index in [0.29, 0.717) is 17.9 Å². The highest BCUT2D eigenvalue weighted by Gasteiger charge is 2.48. The first-order valence-electron chi connectivity index (χ1n) is 8.84. The normalized spacial score (nSPS) is 27.1. The molecule has 3 unspecified atom stereocenters. The lowest BCUT2D eigenvalue weighted by atomic mass is 9.66. The van der Waals surface area contributed by atoms with E-state index in [9.17, 15) is 14.7 Å². The summed E-state index contributed by atoms with van der Waals surface area (Å²) in [6, 6.07) is 7.31. The molecule has 0 saturated heterocycles. The molecular weight excluding hydrogens is 302 g/mol. The molecule has 1 saturated carbocycles. The van der Waals surface area contributed by atoms with E-state index in [0.717, 1.165) is 18.4 Å². The second kappa shape index (κ2) is 7.47. The monoisotopic (exact) mass is 331 g/mol. The second-order valence-electron chi connectivity index (χ2n) is 7.64.